The maximum Gasteiger partial charge on any atom is 0.0629 e. The largest absolute Gasteiger partial charge is 0.333 e. The number of aromatic nitrogens is 1. The Morgan fingerprint density at radius 3 is 1.62 bits per heavy atom. The van der Waals surface area contributed by atoms with E-state index in [-0.39, 0.29) is 12.0 Å². The standard InChI is InChI=1S/C54H38N2/c1-3-12-37(13-4-1)39-22-24-40(25-23-39)41-26-30-45(31-27-41)55-51-20-9-7-18-47(51)49-35-43(28-32-53(49)55)44-29-33-54-50(36-44)48-19-8-10-21-52(48)56(54)46-17-11-16-42(34-46)38-14-5-2-6-15-38/h1-36,47,51H. The van der Waals surface area contributed by atoms with E-state index in [0.717, 1.165) is 0 Å². The Hall–Kier alpha value is -7.16. The van der Waals surface area contributed by atoms with E-state index in [4.69, 9.17) is 0 Å². The summed E-state index contributed by atoms with van der Waals surface area (Å²) in [6.45, 7) is 0. The van der Waals surface area contributed by atoms with Gasteiger partial charge in [-0.25, -0.2) is 0 Å². The average molecular weight is 715 g/mol. The van der Waals surface area contributed by atoms with Gasteiger partial charge in [0.2, 0.25) is 0 Å². The van der Waals surface area contributed by atoms with Crippen molar-refractivity contribution in [1.29, 1.82) is 0 Å². The lowest BCUT2D eigenvalue weighted by Gasteiger charge is -2.28. The van der Waals surface area contributed by atoms with Gasteiger partial charge in [-0.2, -0.15) is 0 Å². The molecular formula is C54H38N2. The van der Waals surface area contributed by atoms with Crippen molar-refractivity contribution in [3.63, 3.8) is 0 Å². The van der Waals surface area contributed by atoms with Crippen molar-refractivity contribution in [2.24, 2.45) is 0 Å². The van der Waals surface area contributed by atoms with Crippen LogP contribution in [-0.4, -0.2) is 10.6 Å². The SMILES string of the molecule is C1=CC2c3cc(-c4ccc5c(c4)c4ccccc4n5-c4cccc(-c5ccccc5)c4)ccc3N(c3ccc(-c4ccc(-c5ccccc5)cc4)cc3)C2C=C1. The predicted molar refractivity (Wildman–Crippen MR) is 236 cm³/mol. The zero-order chi connectivity index (χ0) is 37.0. The second kappa shape index (κ2) is 13.3. The van der Waals surface area contributed by atoms with E-state index in [0.29, 0.717) is 0 Å². The summed E-state index contributed by atoms with van der Waals surface area (Å²) in [4.78, 5) is 2.52. The van der Waals surface area contributed by atoms with Gasteiger partial charge in [0, 0.05) is 33.8 Å². The van der Waals surface area contributed by atoms with Crippen molar-refractivity contribution in [3.05, 3.63) is 224 Å². The molecule has 1 aliphatic carbocycles. The minimum atomic E-state index is 0.230. The molecule has 1 aliphatic heterocycles. The summed E-state index contributed by atoms with van der Waals surface area (Å²) in [6, 6.07) is 71.2. The maximum absolute atomic E-state index is 2.52. The Balaban J connectivity index is 0.942. The molecule has 11 rings (SSSR count). The summed E-state index contributed by atoms with van der Waals surface area (Å²) in [5.74, 6) is 0.280. The second-order valence-electron chi connectivity index (χ2n) is 14.9. The molecule has 9 aromatic rings. The molecule has 0 N–H and O–H groups in total. The Labute approximate surface area is 327 Å². The zero-order valence-electron chi connectivity index (χ0n) is 30.8. The van der Waals surface area contributed by atoms with Gasteiger partial charge in [0.15, 0.2) is 0 Å². The zero-order valence-corrected chi connectivity index (χ0v) is 30.8. The quantitative estimate of drug-likeness (QED) is 0.166. The third-order valence-corrected chi connectivity index (χ3v) is 11.7. The molecule has 8 aromatic carbocycles. The lowest BCUT2D eigenvalue weighted by molar-refractivity contribution is 0.745. The van der Waals surface area contributed by atoms with Gasteiger partial charge < -0.3 is 9.47 Å². The molecule has 2 unspecified atom stereocenters. The Kier molecular flexibility index (Phi) is 7.67. The number of benzene rings is 8. The summed E-state index contributed by atoms with van der Waals surface area (Å²) in [6.07, 6.45) is 9.13. The highest BCUT2D eigenvalue weighted by Crippen LogP contribution is 2.49. The van der Waals surface area contributed by atoms with Crippen LogP contribution >= 0.6 is 0 Å². The van der Waals surface area contributed by atoms with E-state index in [1.807, 2.05) is 0 Å². The highest BCUT2D eigenvalue weighted by Gasteiger charge is 2.37. The summed E-state index contributed by atoms with van der Waals surface area (Å²) < 4.78 is 2.41. The van der Waals surface area contributed by atoms with Crippen LogP contribution in [0.15, 0.2) is 218 Å². The molecule has 0 radical (unpaired) electrons. The number of hydrogen-bond acceptors (Lipinski definition) is 1. The molecule has 2 heterocycles. The normalized spacial score (nSPS) is 15.7. The Bertz CT molecular complexity index is 2950. The monoisotopic (exact) mass is 714 g/mol. The van der Waals surface area contributed by atoms with E-state index in [2.05, 4.69) is 228 Å². The van der Waals surface area contributed by atoms with Crippen molar-refractivity contribution in [1.82, 2.24) is 4.57 Å². The number of fused-ring (bicyclic) bond motifs is 6. The van der Waals surface area contributed by atoms with Crippen molar-refractivity contribution < 1.29 is 0 Å². The molecule has 0 saturated heterocycles. The molecule has 1 aromatic heterocycles. The molecule has 0 fully saturated rings. The molecule has 56 heavy (non-hydrogen) atoms. The third kappa shape index (κ3) is 5.41. The topological polar surface area (TPSA) is 8.17 Å². The highest BCUT2D eigenvalue weighted by molar-refractivity contribution is 6.10. The Morgan fingerprint density at radius 2 is 0.875 bits per heavy atom. The molecule has 2 aliphatic rings. The summed E-state index contributed by atoms with van der Waals surface area (Å²) >= 11 is 0. The van der Waals surface area contributed by atoms with Crippen molar-refractivity contribution in [2.45, 2.75) is 12.0 Å². The smallest absolute Gasteiger partial charge is 0.0629 e. The molecule has 0 bridgehead atoms. The van der Waals surface area contributed by atoms with Gasteiger partial charge >= 0.3 is 0 Å². The number of hydrogen-bond donors (Lipinski definition) is 0. The number of para-hydroxylation sites is 1. The molecule has 0 amide bonds. The second-order valence-corrected chi connectivity index (χ2v) is 14.9. The van der Waals surface area contributed by atoms with Crippen LogP contribution in [0.1, 0.15) is 11.5 Å². The summed E-state index contributed by atoms with van der Waals surface area (Å²) in [5.41, 5.74) is 17.3. The molecule has 2 atom stereocenters. The van der Waals surface area contributed by atoms with Gasteiger partial charge in [0.25, 0.3) is 0 Å². The van der Waals surface area contributed by atoms with E-state index in [1.54, 1.807) is 0 Å². The van der Waals surface area contributed by atoms with Gasteiger partial charge in [-0.15, -0.1) is 0 Å². The first-order valence-corrected chi connectivity index (χ1v) is 19.5. The molecule has 2 nitrogen and oxygen atoms in total. The van der Waals surface area contributed by atoms with E-state index in [1.165, 1.54) is 88.9 Å². The summed E-state index contributed by atoms with van der Waals surface area (Å²) in [5, 5.41) is 2.52. The first-order valence-electron chi connectivity index (χ1n) is 19.5. The van der Waals surface area contributed by atoms with Gasteiger partial charge in [0.1, 0.15) is 0 Å². The molecule has 0 saturated carbocycles. The lowest BCUT2D eigenvalue weighted by atomic mass is 9.89. The van der Waals surface area contributed by atoms with Crippen LogP contribution in [0.4, 0.5) is 11.4 Å². The fourth-order valence-corrected chi connectivity index (χ4v) is 9.01. The van der Waals surface area contributed by atoms with Crippen LogP contribution in [0.2, 0.25) is 0 Å². The van der Waals surface area contributed by atoms with E-state index < -0.39 is 0 Å². The minimum absolute atomic E-state index is 0.230. The number of allylic oxidation sites excluding steroid dienone is 2. The van der Waals surface area contributed by atoms with Gasteiger partial charge in [0.05, 0.1) is 17.1 Å². The van der Waals surface area contributed by atoms with Crippen LogP contribution < -0.4 is 4.90 Å². The van der Waals surface area contributed by atoms with Crippen molar-refractivity contribution >= 4 is 33.2 Å². The number of nitrogens with zero attached hydrogens (tertiary/aromatic N) is 2. The van der Waals surface area contributed by atoms with Crippen LogP contribution in [0.5, 0.6) is 0 Å². The van der Waals surface area contributed by atoms with Crippen LogP contribution in [0.3, 0.4) is 0 Å². The van der Waals surface area contributed by atoms with E-state index in [9.17, 15) is 0 Å². The average Bonchev–Trinajstić information content (AvgIpc) is 3.79. The highest BCUT2D eigenvalue weighted by atomic mass is 15.2. The van der Waals surface area contributed by atoms with Gasteiger partial charge in [-0.05, 0) is 105 Å². The summed E-state index contributed by atoms with van der Waals surface area (Å²) in [7, 11) is 0. The van der Waals surface area contributed by atoms with E-state index >= 15 is 0 Å². The fraction of sp³-hybridized carbons (Fsp3) is 0.0370. The Morgan fingerprint density at radius 1 is 0.339 bits per heavy atom. The third-order valence-electron chi connectivity index (χ3n) is 11.7. The lowest BCUT2D eigenvalue weighted by Crippen LogP contribution is -2.28. The first kappa shape index (κ1) is 32.3. The maximum atomic E-state index is 2.52. The molecule has 264 valence electrons. The number of rotatable bonds is 6. The van der Waals surface area contributed by atoms with Gasteiger partial charge in [-0.3, -0.25) is 0 Å². The van der Waals surface area contributed by atoms with Crippen LogP contribution in [0, 0.1) is 0 Å². The van der Waals surface area contributed by atoms with Crippen molar-refractivity contribution in [2.75, 3.05) is 4.90 Å². The molecular weight excluding hydrogens is 677 g/mol. The fourth-order valence-electron chi connectivity index (χ4n) is 9.01. The van der Waals surface area contributed by atoms with Crippen LogP contribution in [0.25, 0.3) is 72.0 Å². The van der Waals surface area contributed by atoms with Crippen molar-refractivity contribution in [3.8, 4) is 50.2 Å². The minimum Gasteiger partial charge on any atom is -0.333 e. The van der Waals surface area contributed by atoms with Gasteiger partial charge in [-0.1, -0.05) is 164 Å². The predicted octanol–water partition coefficient (Wildman–Crippen LogP) is 14.2. The number of anilines is 2. The molecule has 0 spiro atoms. The van der Waals surface area contributed by atoms with Crippen LogP contribution in [-0.2, 0) is 0 Å². The molecule has 2 heteroatoms. The first-order chi connectivity index (χ1) is 27.8.